The van der Waals surface area contributed by atoms with E-state index in [-0.39, 0.29) is 34.3 Å². The first-order chi connectivity index (χ1) is 15.1. The van der Waals surface area contributed by atoms with Gasteiger partial charge in [0, 0.05) is 18.5 Å². The molecule has 3 aromatic heterocycles. The van der Waals surface area contributed by atoms with Crippen LogP contribution < -0.4 is 11.0 Å². The molecule has 0 aliphatic heterocycles. The number of benzene rings is 1. The van der Waals surface area contributed by atoms with Crippen LogP contribution in [0.3, 0.4) is 0 Å². The van der Waals surface area contributed by atoms with Gasteiger partial charge in [-0.2, -0.15) is 10.3 Å². The minimum atomic E-state index is -0.379. The van der Waals surface area contributed by atoms with Gasteiger partial charge in [-0.1, -0.05) is 36.4 Å². The standard InChI is InChI=1S/C23H18ClN5O2/c24-11-6-10-20(30)27-21-17(14-25)13-18-22(29(21)15-16-7-2-1-3-8-16)26-19-9-4-5-12-28(19)23(18)31/h1-5,7-9,12-13H,6,10-11,15H2. The van der Waals surface area contributed by atoms with Crippen LogP contribution in [0.25, 0.3) is 16.7 Å². The molecule has 0 spiro atoms. The summed E-state index contributed by atoms with van der Waals surface area (Å²) in [6.07, 6.45) is 2.29. The molecule has 0 aliphatic carbocycles. The van der Waals surface area contributed by atoms with E-state index in [4.69, 9.17) is 11.6 Å². The smallest absolute Gasteiger partial charge is 0.267 e. The van der Waals surface area contributed by atoms with Crippen LogP contribution in [0.4, 0.5) is 0 Å². The van der Waals surface area contributed by atoms with Gasteiger partial charge in [0.1, 0.15) is 17.4 Å². The van der Waals surface area contributed by atoms with E-state index in [1.165, 1.54) is 10.5 Å². The van der Waals surface area contributed by atoms with E-state index in [0.717, 1.165) is 5.56 Å². The fourth-order valence-electron chi connectivity index (χ4n) is 3.39. The van der Waals surface area contributed by atoms with Crippen molar-refractivity contribution in [2.75, 3.05) is 5.88 Å². The molecule has 0 N–H and O–H groups in total. The van der Waals surface area contributed by atoms with Gasteiger partial charge in [0.2, 0.25) is 5.91 Å². The Labute approximate surface area is 182 Å². The Morgan fingerprint density at radius 3 is 2.68 bits per heavy atom. The lowest BCUT2D eigenvalue weighted by Gasteiger charge is -2.13. The number of carbonyl (C=O) groups excluding carboxylic acids is 1. The summed E-state index contributed by atoms with van der Waals surface area (Å²) in [7, 11) is 0. The molecule has 3 heterocycles. The van der Waals surface area contributed by atoms with E-state index in [1.807, 2.05) is 30.3 Å². The van der Waals surface area contributed by atoms with Crippen LogP contribution in [0, 0.1) is 11.3 Å². The lowest BCUT2D eigenvalue weighted by molar-refractivity contribution is -0.118. The van der Waals surface area contributed by atoms with Crippen molar-refractivity contribution in [3.63, 3.8) is 0 Å². The van der Waals surface area contributed by atoms with Gasteiger partial charge >= 0.3 is 0 Å². The zero-order valence-corrected chi connectivity index (χ0v) is 17.3. The summed E-state index contributed by atoms with van der Waals surface area (Å²) in [5, 5.41) is 10.1. The summed E-state index contributed by atoms with van der Waals surface area (Å²) in [6, 6.07) is 18.3. The normalized spacial score (nSPS) is 11.7. The van der Waals surface area contributed by atoms with Gasteiger partial charge in [0.25, 0.3) is 5.56 Å². The molecule has 0 radical (unpaired) electrons. The molecule has 0 fully saturated rings. The van der Waals surface area contributed by atoms with Crippen LogP contribution in [0.1, 0.15) is 24.0 Å². The number of fused-ring (bicyclic) bond motifs is 2. The van der Waals surface area contributed by atoms with Crippen LogP contribution in [0.2, 0.25) is 0 Å². The Bertz CT molecular complexity index is 1450. The molecule has 1 amide bonds. The number of carbonyl (C=O) groups is 1. The predicted molar refractivity (Wildman–Crippen MR) is 118 cm³/mol. The molecule has 31 heavy (non-hydrogen) atoms. The molecule has 0 unspecified atom stereocenters. The fraction of sp³-hybridized carbons (Fsp3) is 0.174. The molecule has 0 saturated carbocycles. The molecule has 1 aromatic carbocycles. The van der Waals surface area contributed by atoms with E-state index in [2.05, 4.69) is 16.0 Å². The average molecular weight is 432 g/mol. The van der Waals surface area contributed by atoms with E-state index < -0.39 is 0 Å². The van der Waals surface area contributed by atoms with Gasteiger partial charge < -0.3 is 4.57 Å². The number of hydrogen-bond donors (Lipinski definition) is 0. The largest absolute Gasteiger partial charge is 0.305 e. The van der Waals surface area contributed by atoms with Gasteiger partial charge in [-0.25, -0.2) is 4.98 Å². The molecule has 7 nitrogen and oxygen atoms in total. The maximum absolute atomic E-state index is 13.1. The maximum atomic E-state index is 13.1. The quantitative estimate of drug-likeness (QED) is 0.358. The molecule has 0 bridgehead atoms. The lowest BCUT2D eigenvalue weighted by atomic mass is 10.2. The van der Waals surface area contributed by atoms with Crippen molar-refractivity contribution in [2.24, 2.45) is 4.99 Å². The summed E-state index contributed by atoms with van der Waals surface area (Å²) in [6.45, 7) is 0.296. The lowest BCUT2D eigenvalue weighted by Crippen LogP contribution is -2.30. The molecule has 8 heteroatoms. The Balaban J connectivity index is 2.09. The number of alkyl halides is 1. The number of hydrogen-bond acceptors (Lipinski definition) is 4. The Hall–Kier alpha value is -3.76. The monoisotopic (exact) mass is 431 g/mol. The number of amides is 1. The third-order valence-electron chi connectivity index (χ3n) is 4.85. The molecule has 0 atom stereocenters. The Morgan fingerprint density at radius 1 is 1.16 bits per heavy atom. The summed E-state index contributed by atoms with van der Waals surface area (Å²) in [5.74, 6) is -0.0332. The van der Waals surface area contributed by atoms with Crippen LogP contribution in [0.15, 0.2) is 70.6 Å². The highest BCUT2D eigenvalue weighted by molar-refractivity contribution is 6.17. The second-order valence-corrected chi connectivity index (χ2v) is 7.32. The third kappa shape index (κ3) is 4.11. The van der Waals surface area contributed by atoms with Gasteiger partial charge in [-0.3, -0.25) is 14.0 Å². The van der Waals surface area contributed by atoms with Gasteiger partial charge in [-0.05, 0) is 30.2 Å². The Morgan fingerprint density at radius 2 is 1.94 bits per heavy atom. The topological polar surface area (TPSA) is 92.5 Å². The number of halogens is 1. The summed E-state index contributed by atoms with van der Waals surface area (Å²) < 4.78 is 3.09. The van der Waals surface area contributed by atoms with Gasteiger partial charge in [-0.15, -0.1) is 11.6 Å². The molecule has 154 valence electrons. The third-order valence-corrected chi connectivity index (χ3v) is 5.12. The van der Waals surface area contributed by atoms with Crippen LogP contribution in [0.5, 0.6) is 0 Å². The second-order valence-electron chi connectivity index (χ2n) is 6.95. The highest BCUT2D eigenvalue weighted by Gasteiger charge is 2.15. The number of aromatic nitrogens is 3. The van der Waals surface area contributed by atoms with Crippen LogP contribution in [-0.4, -0.2) is 25.7 Å². The van der Waals surface area contributed by atoms with Crippen LogP contribution in [-0.2, 0) is 11.3 Å². The number of rotatable bonds is 5. The minimum Gasteiger partial charge on any atom is -0.305 e. The van der Waals surface area contributed by atoms with Crippen molar-refractivity contribution in [1.82, 2.24) is 14.0 Å². The van der Waals surface area contributed by atoms with Crippen molar-refractivity contribution in [2.45, 2.75) is 19.4 Å². The SMILES string of the molecule is N#Cc1cc2c(=O)n3ccccc3nc2n(Cc2ccccc2)c1=NC(=O)CCCCl. The zero-order chi connectivity index (χ0) is 21.8. The average Bonchev–Trinajstić information content (AvgIpc) is 2.80. The molecule has 4 aromatic rings. The van der Waals surface area contributed by atoms with E-state index in [9.17, 15) is 14.9 Å². The summed E-state index contributed by atoms with van der Waals surface area (Å²) >= 11 is 5.70. The molecular formula is C23H18ClN5O2. The highest BCUT2D eigenvalue weighted by atomic mass is 35.5. The first-order valence-electron chi connectivity index (χ1n) is 9.75. The highest BCUT2D eigenvalue weighted by Crippen LogP contribution is 2.12. The summed E-state index contributed by atoms with van der Waals surface area (Å²) in [5.41, 5.74) is 1.78. The van der Waals surface area contributed by atoms with Crippen LogP contribution >= 0.6 is 11.6 Å². The minimum absolute atomic E-state index is 0.137. The maximum Gasteiger partial charge on any atom is 0.267 e. The van der Waals surface area contributed by atoms with Crippen molar-refractivity contribution in [1.29, 1.82) is 5.26 Å². The van der Waals surface area contributed by atoms with Crippen molar-refractivity contribution >= 4 is 34.2 Å². The molecule has 0 aliphatic rings. The first-order valence-corrected chi connectivity index (χ1v) is 10.3. The molecule has 0 saturated heterocycles. The number of nitriles is 1. The van der Waals surface area contributed by atoms with E-state index >= 15 is 0 Å². The molecule has 4 rings (SSSR count). The van der Waals surface area contributed by atoms with Gasteiger partial charge in [0.15, 0.2) is 5.49 Å². The fourth-order valence-corrected chi connectivity index (χ4v) is 3.52. The van der Waals surface area contributed by atoms with Crippen molar-refractivity contribution in [3.05, 3.63) is 87.8 Å². The molecular weight excluding hydrogens is 414 g/mol. The van der Waals surface area contributed by atoms with Gasteiger partial charge in [0.05, 0.1) is 17.5 Å². The second kappa shape index (κ2) is 8.94. The van der Waals surface area contributed by atoms with E-state index in [1.54, 1.807) is 29.0 Å². The predicted octanol–water partition coefficient (Wildman–Crippen LogP) is 3.02. The number of pyridine rings is 2. The van der Waals surface area contributed by atoms with E-state index in [0.29, 0.717) is 30.1 Å². The summed E-state index contributed by atoms with van der Waals surface area (Å²) in [4.78, 5) is 34.4. The number of nitrogens with zero attached hydrogens (tertiary/aromatic N) is 5. The zero-order valence-electron chi connectivity index (χ0n) is 16.5. The van der Waals surface area contributed by atoms with Crippen molar-refractivity contribution in [3.8, 4) is 6.07 Å². The first kappa shape index (κ1) is 20.5. The Kier molecular flexibility index (Phi) is 5.92. The van der Waals surface area contributed by atoms with Crippen molar-refractivity contribution < 1.29 is 4.79 Å².